The molecule has 0 saturated carbocycles. The van der Waals surface area contributed by atoms with Gasteiger partial charge in [0.15, 0.2) is 0 Å². The smallest absolute Gasteiger partial charge is 0.0287 e. The maximum atomic E-state index is 4.15. The van der Waals surface area contributed by atoms with Crippen LogP contribution >= 0.6 is 0 Å². The Labute approximate surface area is 105 Å². The van der Waals surface area contributed by atoms with Gasteiger partial charge in [-0.3, -0.25) is 4.99 Å². The average molecular weight is 227 g/mol. The summed E-state index contributed by atoms with van der Waals surface area (Å²) in [5, 5.41) is 0. The van der Waals surface area contributed by atoms with Crippen molar-refractivity contribution in [2.24, 2.45) is 10.4 Å². The van der Waals surface area contributed by atoms with Crippen LogP contribution < -0.4 is 0 Å². The zero-order valence-corrected chi connectivity index (χ0v) is 11.5. The van der Waals surface area contributed by atoms with Gasteiger partial charge in [-0.05, 0) is 37.1 Å². The topological polar surface area (TPSA) is 12.4 Å². The van der Waals surface area contributed by atoms with Gasteiger partial charge in [-0.1, -0.05) is 32.1 Å². The lowest BCUT2D eigenvalue weighted by Crippen LogP contribution is -2.12. The van der Waals surface area contributed by atoms with Gasteiger partial charge in [-0.25, -0.2) is 0 Å². The summed E-state index contributed by atoms with van der Waals surface area (Å²) in [6.07, 6.45) is 7.81. The molecule has 90 valence electrons. The zero-order valence-electron chi connectivity index (χ0n) is 11.5. The quantitative estimate of drug-likeness (QED) is 0.504. The van der Waals surface area contributed by atoms with E-state index in [1.165, 1.54) is 22.3 Å². The molecule has 1 rings (SSSR count). The van der Waals surface area contributed by atoms with Gasteiger partial charge in [-0.15, -0.1) is 5.73 Å². The molecule has 1 aliphatic carbocycles. The number of hydrogen-bond acceptors (Lipinski definition) is 1. The molecule has 0 aromatic carbocycles. The van der Waals surface area contributed by atoms with E-state index in [-0.39, 0.29) is 5.41 Å². The summed E-state index contributed by atoms with van der Waals surface area (Å²) in [5.41, 5.74) is 8.14. The minimum atomic E-state index is 0.0273. The van der Waals surface area contributed by atoms with Crippen molar-refractivity contribution in [1.82, 2.24) is 0 Å². The van der Waals surface area contributed by atoms with Crippen LogP contribution in [0.25, 0.3) is 0 Å². The van der Waals surface area contributed by atoms with Gasteiger partial charge in [0.1, 0.15) is 0 Å². The molecule has 0 N–H and O–H groups in total. The van der Waals surface area contributed by atoms with E-state index in [0.29, 0.717) is 0 Å². The van der Waals surface area contributed by atoms with Gasteiger partial charge < -0.3 is 0 Å². The van der Waals surface area contributed by atoms with Crippen molar-refractivity contribution in [3.05, 3.63) is 52.8 Å². The molecule has 1 nitrogen and oxygen atoms in total. The van der Waals surface area contributed by atoms with Crippen LogP contribution in [0.15, 0.2) is 57.8 Å². The SMILES string of the molecule is C=CC1=C(C=C=CC)C(/C=N\C)=C(C)C1(C)C. The Morgan fingerprint density at radius 1 is 1.29 bits per heavy atom. The van der Waals surface area contributed by atoms with Crippen molar-refractivity contribution < 1.29 is 0 Å². The van der Waals surface area contributed by atoms with Crippen LogP contribution in [0.3, 0.4) is 0 Å². The van der Waals surface area contributed by atoms with Gasteiger partial charge in [0.05, 0.1) is 0 Å². The van der Waals surface area contributed by atoms with Gasteiger partial charge in [-0.2, -0.15) is 0 Å². The maximum absolute atomic E-state index is 4.15. The molecule has 0 aromatic heterocycles. The Morgan fingerprint density at radius 3 is 2.41 bits per heavy atom. The molecule has 1 aliphatic rings. The number of nitrogens with zero attached hydrogens (tertiary/aromatic N) is 1. The molecular weight excluding hydrogens is 206 g/mol. The summed E-state index contributed by atoms with van der Waals surface area (Å²) in [6.45, 7) is 12.5. The third kappa shape index (κ3) is 2.25. The van der Waals surface area contributed by atoms with Crippen LogP contribution in [-0.2, 0) is 0 Å². The first-order valence-corrected chi connectivity index (χ1v) is 5.88. The van der Waals surface area contributed by atoms with Gasteiger partial charge in [0, 0.05) is 24.3 Å². The van der Waals surface area contributed by atoms with Crippen molar-refractivity contribution >= 4 is 6.21 Å². The molecule has 0 heterocycles. The molecule has 0 spiro atoms. The highest BCUT2D eigenvalue weighted by molar-refractivity contribution is 5.90. The molecular formula is C16H21N. The van der Waals surface area contributed by atoms with E-state index >= 15 is 0 Å². The highest BCUT2D eigenvalue weighted by atomic mass is 14.6. The molecule has 0 aliphatic heterocycles. The first-order chi connectivity index (χ1) is 8.00. The average Bonchev–Trinajstić information content (AvgIpc) is 2.47. The van der Waals surface area contributed by atoms with Crippen molar-refractivity contribution in [2.75, 3.05) is 7.05 Å². The molecule has 1 heteroatoms. The minimum Gasteiger partial charge on any atom is -0.296 e. The normalized spacial score (nSPS) is 18.6. The lowest BCUT2D eigenvalue weighted by Gasteiger charge is -2.23. The standard InChI is InChI=1S/C16H21N/c1-7-9-10-13-14(11-17-6)12(3)16(4,5)15(13)8-2/h7-8,10-11H,2H2,1,3-6H3/b17-11-. The van der Waals surface area contributed by atoms with Crippen molar-refractivity contribution in [3.8, 4) is 0 Å². The van der Waals surface area contributed by atoms with Crippen LogP contribution in [0.2, 0.25) is 0 Å². The lowest BCUT2D eigenvalue weighted by molar-refractivity contribution is 0.562. The summed E-state index contributed by atoms with van der Waals surface area (Å²) in [7, 11) is 1.80. The number of aliphatic imine (C=N–C) groups is 1. The fourth-order valence-corrected chi connectivity index (χ4v) is 2.21. The third-order valence-electron chi connectivity index (χ3n) is 3.45. The Bertz CT molecular complexity index is 476. The second-order valence-electron chi connectivity index (χ2n) is 4.68. The Hall–Kier alpha value is -1.59. The van der Waals surface area contributed by atoms with E-state index in [1.54, 1.807) is 7.05 Å². The third-order valence-corrected chi connectivity index (χ3v) is 3.45. The molecule has 0 saturated heterocycles. The monoisotopic (exact) mass is 227 g/mol. The van der Waals surface area contributed by atoms with Crippen molar-refractivity contribution in [2.45, 2.75) is 27.7 Å². The van der Waals surface area contributed by atoms with E-state index in [2.05, 4.69) is 38.1 Å². The zero-order chi connectivity index (χ0) is 13.1. The number of allylic oxidation sites excluding steroid dienone is 6. The molecule has 0 bridgehead atoms. The van der Waals surface area contributed by atoms with E-state index < -0.39 is 0 Å². The minimum absolute atomic E-state index is 0.0273. The van der Waals surface area contributed by atoms with Crippen LogP contribution in [-0.4, -0.2) is 13.3 Å². The Balaban J connectivity index is 3.53. The molecule has 0 unspecified atom stereocenters. The maximum Gasteiger partial charge on any atom is 0.0287 e. The highest BCUT2D eigenvalue weighted by Gasteiger charge is 2.34. The van der Waals surface area contributed by atoms with Gasteiger partial charge >= 0.3 is 0 Å². The second kappa shape index (κ2) is 5.16. The molecule has 0 atom stereocenters. The summed E-state index contributed by atoms with van der Waals surface area (Å²) < 4.78 is 0. The first kappa shape index (κ1) is 13.5. The Morgan fingerprint density at radius 2 is 1.94 bits per heavy atom. The van der Waals surface area contributed by atoms with Crippen molar-refractivity contribution in [3.63, 3.8) is 0 Å². The lowest BCUT2D eigenvalue weighted by atomic mass is 9.81. The summed E-state index contributed by atoms with van der Waals surface area (Å²) in [4.78, 5) is 4.15. The van der Waals surface area contributed by atoms with Crippen LogP contribution in [0.4, 0.5) is 0 Å². The molecule has 0 fully saturated rings. The molecule has 0 radical (unpaired) electrons. The summed E-state index contributed by atoms with van der Waals surface area (Å²) in [5.74, 6) is 0. The van der Waals surface area contributed by atoms with E-state index in [9.17, 15) is 0 Å². The van der Waals surface area contributed by atoms with Gasteiger partial charge in [0.25, 0.3) is 0 Å². The van der Waals surface area contributed by atoms with Crippen LogP contribution in [0.5, 0.6) is 0 Å². The van der Waals surface area contributed by atoms with Crippen LogP contribution in [0.1, 0.15) is 27.7 Å². The fraction of sp³-hybridized carbons (Fsp3) is 0.375. The molecule has 0 amide bonds. The largest absolute Gasteiger partial charge is 0.296 e. The van der Waals surface area contributed by atoms with E-state index in [1.807, 2.05) is 31.4 Å². The summed E-state index contributed by atoms with van der Waals surface area (Å²) >= 11 is 0. The molecule has 17 heavy (non-hydrogen) atoms. The Kier molecular flexibility index (Phi) is 4.09. The fourth-order valence-electron chi connectivity index (χ4n) is 2.21. The van der Waals surface area contributed by atoms with Gasteiger partial charge in [0.2, 0.25) is 0 Å². The number of hydrogen-bond donors (Lipinski definition) is 0. The van der Waals surface area contributed by atoms with E-state index in [4.69, 9.17) is 0 Å². The predicted molar refractivity (Wildman–Crippen MR) is 76.4 cm³/mol. The number of rotatable bonds is 3. The van der Waals surface area contributed by atoms with Crippen LogP contribution in [0, 0.1) is 5.41 Å². The first-order valence-electron chi connectivity index (χ1n) is 5.88. The second-order valence-corrected chi connectivity index (χ2v) is 4.68. The highest BCUT2D eigenvalue weighted by Crippen LogP contribution is 2.46. The van der Waals surface area contributed by atoms with E-state index in [0.717, 1.165) is 0 Å². The predicted octanol–water partition coefficient (Wildman–Crippen LogP) is 4.26. The van der Waals surface area contributed by atoms with Crippen molar-refractivity contribution in [1.29, 1.82) is 0 Å². The summed E-state index contributed by atoms with van der Waals surface area (Å²) in [6, 6.07) is 0. The molecule has 0 aromatic rings.